The molecule has 3 aromatic rings. The van der Waals surface area contributed by atoms with E-state index in [2.05, 4.69) is 0 Å². The van der Waals surface area contributed by atoms with Gasteiger partial charge in [0.05, 0.1) is 0 Å². The fourth-order valence-electron chi connectivity index (χ4n) is 3.24. The number of carboxylic acids is 2. The van der Waals surface area contributed by atoms with Gasteiger partial charge in [-0.3, -0.25) is 0 Å². The lowest BCUT2D eigenvalue weighted by molar-refractivity contribution is -0.180. The minimum absolute atomic E-state index is 0.221. The molecule has 0 amide bonds. The SMILES string of the molecule is O=C(O)C(OC(=O)[C@H](OC(C(=O)O)c1ccc(O)c(O)c1)c1ccc(O)c(O)c1)c1ccc(O)c(O)c1. The van der Waals surface area contributed by atoms with Crippen molar-refractivity contribution in [2.45, 2.75) is 18.3 Å². The number of phenolic OH excluding ortho intramolecular Hbond substituents is 6. The van der Waals surface area contributed by atoms with E-state index in [1.807, 2.05) is 0 Å². The standard InChI is InChI=1S/C24H20O13/c25-13-4-1-10(7-16(13)28)19(22(31)32)36-21(12-3-6-15(27)18(30)9-12)24(35)37-20(23(33)34)11-2-5-14(26)17(29)8-11/h1-9,19-21,25-30H,(H,31,32)(H,33,34)/t19?,20?,21-/m1/s1. The minimum Gasteiger partial charge on any atom is -0.504 e. The van der Waals surface area contributed by atoms with Gasteiger partial charge in [-0.1, -0.05) is 18.2 Å². The van der Waals surface area contributed by atoms with Gasteiger partial charge in [0.1, 0.15) is 0 Å². The van der Waals surface area contributed by atoms with E-state index in [1.165, 1.54) is 0 Å². The van der Waals surface area contributed by atoms with Gasteiger partial charge in [-0.2, -0.15) is 0 Å². The van der Waals surface area contributed by atoms with Crippen LogP contribution in [0.15, 0.2) is 54.6 Å². The summed E-state index contributed by atoms with van der Waals surface area (Å²) in [5.41, 5.74) is -0.726. The molecular weight excluding hydrogens is 496 g/mol. The maximum atomic E-state index is 13.1. The smallest absolute Gasteiger partial charge is 0.349 e. The van der Waals surface area contributed by atoms with E-state index in [0.717, 1.165) is 54.6 Å². The van der Waals surface area contributed by atoms with E-state index in [9.17, 15) is 55.2 Å². The van der Waals surface area contributed by atoms with Crippen LogP contribution in [0.25, 0.3) is 0 Å². The molecule has 0 radical (unpaired) electrons. The van der Waals surface area contributed by atoms with E-state index in [1.54, 1.807) is 0 Å². The zero-order valence-corrected chi connectivity index (χ0v) is 18.5. The molecule has 0 saturated carbocycles. The first-order valence-corrected chi connectivity index (χ1v) is 10.3. The normalized spacial score (nSPS) is 13.3. The number of carbonyl (C=O) groups excluding carboxylic acids is 1. The summed E-state index contributed by atoms with van der Waals surface area (Å²) in [7, 11) is 0. The maximum Gasteiger partial charge on any atom is 0.349 e. The molecule has 0 bridgehead atoms. The second-order valence-electron chi connectivity index (χ2n) is 7.63. The Hall–Kier alpha value is -5.17. The number of hydrogen-bond donors (Lipinski definition) is 8. The minimum atomic E-state index is -2.04. The lowest BCUT2D eigenvalue weighted by atomic mass is 10.1. The number of aliphatic carboxylic acids is 2. The lowest BCUT2D eigenvalue weighted by Gasteiger charge is -2.24. The van der Waals surface area contributed by atoms with Crippen molar-refractivity contribution in [3.05, 3.63) is 71.3 Å². The quantitative estimate of drug-likeness (QED) is 0.151. The van der Waals surface area contributed by atoms with Gasteiger partial charge in [0.2, 0.25) is 6.10 Å². The number of aromatic hydroxyl groups is 6. The van der Waals surface area contributed by atoms with Gasteiger partial charge in [0, 0.05) is 5.56 Å². The van der Waals surface area contributed by atoms with Crippen molar-refractivity contribution in [3.63, 3.8) is 0 Å². The highest BCUT2D eigenvalue weighted by molar-refractivity contribution is 5.83. The second-order valence-corrected chi connectivity index (χ2v) is 7.63. The van der Waals surface area contributed by atoms with Crippen molar-refractivity contribution in [1.29, 1.82) is 0 Å². The Morgan fingerprint density at radius 3 is 1.22 bits per heavy atom. The Balaban J connectivity index is 2.03. The van der Waals surface area contributed by atoms with Gasteiger partial charge >= 0.3 is 17.9 Å². The average Bonchev–Trinajstić information content (AvgIpc) is 2.83. The zero-order chi connectivity index (χ0) is 27.4. The second kappa shape index (κ2) is 10.6. The highest BCUT2D eigenvalue weighted by Crippen LogP contribution is 2.37. The zero-order valence-electron chi connectivity index (χ0n) is 18.5. The van der Waals surface area contributed by atoms with Gasteiger partial charge in [-0.25, -0.2) is 14.4 Å². The first-order valence-electron chi connectivity index (χ1n) is 10.3. The van der Waals surface area contributed by atoms with E-state index in [-0.39, 0.29) is 16.7 Å². The van der Waals surface area contributed by atoms with Crippen LogP contribution >= 0.6 is 0 Å². The van der Waals surface area contributed by atoms with Crippen molar-refractivity contribution >= 4 is 17.9 Å². The Kier molecular flexibility index (Phi) is 7.59. The Morgan fingerprint density at radius 2 is 0.865 bits per heavy atom. The molecule has 3 atom stereocenters. The van der Waals surface area contributed by atoms with Crippen LogP contribution in [0.4, 0.5) is 0 Å². The molecule has 8 N–H and O–H groups in total. The predicted molar refractivity (Wildman–Crippen MR) is 120 cm³/mol. The van der Waals surface area contributed by atoms with Crippen molar-refractivity contribution in [3.8, 4) is 34.5 Å². The third kappa shape index (κ3) is 5.91. The summed E-state index contributed by atoms with van der Waals surface area (Å²) >= 11 is 0. The molecule has 2 unspecified atom stereocenters. The topological polar surface area (TPSA) is 232 Å². The Labute approximate surface area is 207 Å². The van der Waals surface area contributed by atoms with Crippen molar-refractivity contribution in [1.82, 2.24) is 0 Å². The molecule has 13 nitrogen and oxygen atoms in total. The monoisotopic (exact) mass is 516 g/mol. The summed E-state index contributed by atoms with van der Waals surface area (Å²) in [6.45, 7) is 0. The summed E-state index contributed by atoms with van der Waals surface area (Å²) in [6, 6.07) is 8.68. The summed E-state index contributed by atoms with van der Waals surface area (Å²) in [6.07, 6.45) is -6.02. The molecule has 0 fully saturated rings. The highest BCUT2D eigenvalue weighted by atomic mass is 16.6. The molecular formula is C24H20O13. The first kappa shape index (κ1) is 26.4. The molecule has 0 aliphatic rings. The molecule has 0 aromatic heterocycles. The number of ether oxygens (including phenoxy) is 2. The van der Waals surface area contributed by atoms with E-state index in [0.29, 0.717) is 0 Å². The predicted octanol–water partition coefficient (Wildman–Crippen LogP) is 2.17. The van der Waals surface area contributed by atoms with Gasteiger partial charge in [0.15, 0.2) is 46.7 Å². The van der Waals surface area contributed by atoms with Crippen molar-refractivity contribution < 1.29 is 64.7 Å². The summed E-state index contributed by atoms with van der Waals surface area (Å²) in [5, 5.41) is 77.2. The van der Waals surface area contributed by atoms with Gasteiger partial charge in [-0.05, 0) is 47.5 Å². The number of rotatable bonds is 9. The van der Waals surface area contributed by atoms with Gasteiger partial charge in [0.25, 0.3) is 0 Å². The summed E-state index contributed by atoms with van der Waals surface area (Å²) in [5.74, 6) is -8.60. The molecule has 3 aromatic carbocycles. The van der Waals surface area contributed by atoms with Crippen LogP contribution in [0.5, 0.6) is 34.5 Å². The Bertz CT molecular complexity index is 1350. The van der Waals surface area contributed by atoms with Gasteiger partial charge in [-0.15, -0.1) is 0 Å². The third-order valence-electron chi connectivity index (χ3n) is 5.08. The molecule has 0 spiro atoms. The molecule has 194 valence electrons. The Morgan fingerprint density at radius 1 is 0.514 bits per heavy atom. The van der Waals surface area contributed by atoms with Crippen LogP contribution in [0.3, 0.4) is 0 Å². The molecule has 0 aliphatic heterocycles. The van der Waals surface area contributed by atoms with Crippen molar-refractivity contribution in [2.24, 2.45) is 0 Å². The number of hydrogen-bond acceptors (Lipinski definition) is 11. The van der Waals surface area contributed by atoms with Crippen LogP contribution in [0.1, 0.15) is 35.0 Å². The summed E-state index contributed by atoms with van der Waals surface area (Å²) in [4.78, 5) is 36.9. The van der Waals surface area contributed by atoms with E-state index in [4.69, 9.17) is 9.47 Å². The number of carboxylic acid groups (broad SMARTS) is 2. The van der Waals surface area contributed by atoms with Crippen LogP contribution < -0.4 is 0 Å². The van der Waals surface area contributed by atoms with Crippen LogP contribution in [0.2, 0.25) is 0 Å². The lowest BCUT2D eigenvalue weighted by Crippen LogP contribution is -2.28. The molecule has 0 aliphatic carbocycles. The fraction of sp³-hybridized carbons (Fsp3) is 0.125. The van der Waals surface area contributed by atoms with Crippen LogP contribution in [-0.2, 0) is 23.9 Å². The third-order valence-corrected chi connectivity index (χ3v) is 5.08. The molecule has 0 saturated heterocycles. The largest absolute Gasteiger partial charge is 0.504 e. The van der Waals surface area contributed by atoms with E-state index >= 15 is 0 Å². The summed E-state index contributed by atoms with van der Waals surface area (Å²) < 4.78 is 10.5. The number of carbonyl (C=O) groups is 3. The maximum absolute atomic E-state index is 13.1. The number of phenols is 6. The molecule has 13 heteroatoms. The first-order chi connectivity index (χ1) is 17.4. The fourth-order valence-corrected chi connectivity index (χ4v) is 3.24. The van der Waals surface area contributed by atoms with Crippen molar-refractivity contribution in [2.75, 3.05) is 0 Å². The molecule has 37 heavy (non-hydrogen) atoms. The highest BCUT2D eigenvalue weighted by Gasteiger charge is 2.35. The van der Waals surface area contributed by atoms with Crippen LogP contribution in [0, 0.1) is 0 Å². The number of esters is 1. The number of benzene rings is 3. The van der Waals surface area contributed by atoms with Gasteiger partial charge < -0.3 is 50.3 Å². The molecule has 3 rings (SSSR count). The van der Waals surface area contributed by atoms with Crippen LogP contribution in [-0.4, -0.2) is 58.8 Å². The molecule has 0 heterocycles. The van der Waals surface area contributed by atoms with E-state index < -0.39 is 70.7 Å². The average molecular weight is 516 g/mol.